The summed E-state index contributed by atoms with van der Waals surface area (Å²) in [5, 5.41) is 6.30. The van der Waals surface area contributed by atoms with E-state index in [0.717, 1.165) is 38.5 Å². The minimum absolute atomic E-state index is 0.00250. The summed E-state index contributed by atoms with van der Waals surface area (Å²) in [6.45, 7) is 4.75. The van der Waals surface area contributed by atoms with E-state index in [-0.39, 0.29) is 41.6 Å². The molecule has 1 saturated heterocycles. The van der Waals surface area contributed by atoms with Gasteiger partial charge in [0.25, 0.3) is 5.91 Å². The van der Waals surface area contributed by atoms with Crippen molar-refractivity contribution in [2.75, 3.05) is 26.1 Å². The molecule has 1 aliphatic carbocycles. The number of rotatable bonds is 7. The molecule has 0 bridgehead atoms. The van der Waals surface area contributed by atoms with Crippen molar-refractivity contribution in [3.05, 3.63) is 29.8 Å². The number of hydrogen-bond acceptors (Lipinski definition) is 4. The summed E-state index contributed by atoms with van der Waals surface area (Å²) in [6, 6.07) is 6.77. The smallest absolute Gasteiger partial charge is 0.251 e. The van der Waals surface area contributed by atoms with Crippen LogP contribution in [0.3, 0.4) is 0 Å². The van der Waals surface area contributed by atoms with Gasteiger partial charge in [-0.1, -0.05) is 12.8 Å². The molecule has 3 rings (SSSR count). The molecule has 1 aliphatic heterocycles. The predicted octanol–water partition coefficient (Wildman–Crippen LogP) is 3.36. The van der Waals surface area contributed by atoms with E-state index < -0.39 is 5.41 Å². The van der Waals surface area contributed by atoms with Crippen molar-refractivity contribution in [3.8, 4) is 5.75 Å². The first-order valence-corrected chi connectivity index (χ1v) is 12.4. The number of hydrogen-bond donors (Lipinski definition) is 2. The number of ether oxygens (including phenoxy) is 1. The summed E-state index contributed by atoms with van der Waals surface area (Å²) in [7, 11) is 1.59. The number of nitrogens with zero attached hydrogens (tertiary/aromatic N) is 1. The largest absolute Gasteiger partial charge is 0.497 e. The number of carbonyl (C=O) groups is 3. The molecule has 2 aliphatic rings. The zero-order chi connectivity index (χ0) is 24.0. The second-order valence-corrected chi connectivity index (χ2v) is 10.1. The Balaban J connectivity index is 1.59. The number of carbonyl (C=O) groups excluding carboxylic acids is 3. The number of benzene rings is 1. The zero-order valence-corrected chi connectivity index (χ0v) is 20.6. The van der Waals surface area contributed by atoms with Crippen molar-refractivity contribution in [2.45, 2.75) is 64.5 Å². The molecule has 7 nitrogen and oxygen atoms in total. The van der Waals surface area contributed by atoms with E-state index in [1.807, 2.05) is 13.8 Å². The minimum Gasteiger partial charge on any atom is -0.497 e. The third kappa shape index (κ3) is 6.40. The Hall–Kier alpha value is -2.28. The van der Waals surface area contributed by atoms with Gasteiger partial charge in [-0.05, 0) is 63.8 Å². The number of nitrogens with one attached hydrogen (secondary N) is 2. The van der Waals surface area contributed by atoms with Gasteiger partial charge in [-0.2, -0.15) is 0 Å². The minimum atomic E-state index is -0.639. The molecule has 2 fully saturated rings. The fourth-order valence-corrected chi connectivity index (χ4v) is 4.75. The molecule has 33 heavy (non-hydrogen) atoms. The van der Waals surface area contributed by atoms with E-state index in [0.29, 0.717) is 24.4 Å². The molecule has 1 aromatic rings. The van der Waals surface area contributed by atoms with Crippen molar-refractivity contribution in [1.29, 1.82) is 0 Å². The van der Waals surface area contributed by atoms with Gasteiger partial charge in [-0.3, -0.25) is 14.4 Å². The van der Waals surface area contributed by atoms with Gasteiger partial charge in [0.15, 0.2) is 0 Å². The van der Waals surface area contributed by atoms with Crippen molar-refractivity contribution >= 4 is 29.3 Å². The van der Waals surface area contributed by atoms with Crippen LogP contribution in [0.5, 0.6) is 5.75 Å². The lowest BCUT2D eigenvalue weighted by Crippen LogP contribution is -2.56. The Labute approximate surface area is 201 Å². The standard InChI is InChI=1S/C25H36ClN3O4/c1-25(2,16-26)24(32)29-14-6-7-18(15-29)23(31)28-21-9-5-4-8-20(21)27-22(30)17-10-12-19(33-3)13-11-17/h10-13,18,20-21H,4-9,14-16H2,1-3H3,(H,27,30)(H,28,31)/t18?,20-,21-/m1/s1. The maximum atomic E-state index is 13.1. The Morgan fingerprint density at radius 3 is 2.27 bits per heavy atom. The van der Waals surface area contributed by atoms with E-state index in [1.54, 1.807) is 36.3 Å². The number of halogens is 1. The summed E-state index contributed by atoms with van der Waals surface area (Å²) in [4.78, 5) is 40.5. The first kappa shape index (κ1) is 25.3. The van der Waals surface area contributed by atoms with Gasteiger partial charge in [-0.25, -0.2) is 0 Å². The summed E-state index contributed by atoms with van der Waals surface area (Å²) in [6.07, 6.45) is 5.23. The van der Waals surface area contributed by atoms with Crippen molar-refractivity contribution in [1.82, 2.24) is 15.5 Å². The Morgan fingerprint density at radius 2 is 1.67 bits per heavy atom. The Morgan fingerprint density at radius 1 is 1.03 bits per heavy atom. The maximum Gasteiger partial charge on any atom is 0.251 e. The van der Waals surface area contributed by atoms with Gasteiger partial charge in [0.2, 0.25) is 11.8 Å². The summed E-state index contributed by atoms with van der Waals surface area (Å²) in [5.41, 5.74) is -0.0741. The van der Waals surface area contributed by atoms with Gasteiger partial charge in [0.1, 0.15) is 5.75 Å². The van der Waals surface area contributed by atoms with Crippen LogP contribution in [-0.2, 0) is 9.59 Å². The third-order valence-electron chi connectivity index (χ3n) is 6.75. The van der Waals surface area contributed by atoms with Crippen LogP contribution < -0.4 is 15.4 Å². The lowest BCUT2D eigenvalue weighted by atomic mass is 9.88. The van der Waals surface area contributed by atoms with Crippen LogP contribution in [0.2, 0.25) is 0 Å². The van der Waals surface area contributed by atoms with Crippen LogP contribution in [0.4, 0.5) is 0 Å². The Kier molecular flexibility index (Phi) is 8.63. The second kappa shape index (κ2) is 11.2. The molecule has 8 heteroatoms. The molecule has 0 radical (unpaired) electrons. The monoisotopic (exact) mass is 477 g/mol. The molecule has 1 aromatic carbocycles. The highest BCUT2D eigenvalue weighted by molar-refractivity contribution is 6.19. The molecule has 1 heterocycles. The molecule has 0 aromatic heterocycles. The summed E-state index contributed by atoms with van der Waals surface area (Å²) in [5.74, 6) is 0.514. The molecule has 182 valence electrons. The van der Waals surface area contributed by atoms with Gasteiger partial charge in [-0.15, -0.1) is 11.6 Å². The van der Waals surface area contributed by atoms with E-state index in [2.05, 4.69) is 10.6 Å². The number of piperidine rings is 1. The van der Waals surface area contributed by atoms with Crippen LogP contribution in [0, 0.1) is 11.3 Å². The normalized spacial score (nSPS) is 23.5. The van der Waals surface area contributed by atoms with Crippen molar-refractivity contribution in [3.63, 3.8) is 0 Å². The van der Waals surface area contributed by atoms with Crippen LogP contribution in [-0.4, -0.2) is 60.8 Å². The van der Waals surface area contributed by atoms with Crippen LogP contribution >= 0.6 is 11.6 Å². The van der Waals surface area contributed by atoms with Gasteiger partial charge >= 0.3 is 0 Å². The first-order valence-electron chi connectivity index (χ1n) is 11.9. The average Bonchev–Trinajstić information content (AvgIpc) is 2.84. The third-order valence-corrected chi connectivity index (χ3v) is 7.42. The highest BCUT2D eigenvalue weighted by Crippen LogP contribution is 2.26. The predicted molar refractivity (Wildman–Crippen MR) is 128 cm³/mol. The van der Waals surface area contributed by atoms with E-state index in [1.165, 1.54) is 0 Å². The number of methoxy groups -OCH3 is 1. The lowest BCUT2D eigenvalue weighted by Gasteiger charge is -2.38. The van der Waals surface area contributed by atoms with Gasteiger partial charge in [0.05, 0.1) is 18.4 Å². The topological polar surface area (TPSA) is 87.7 Å². The van der Waals surface area contributed by atoms with Crippen LogP contribution in [0.15, 0.2) is 24.3 Å². The molecule has 1 saturated carbocycles. The van der Waals surface area contributed by atoms with Crippen molar-refractivity contribution < 1.29 is 19.1 Å². The number of amides is 3. The molecule has 3 atom stereocenters. The van der Waals surface area contributed by atoms with Gasteiger partial charge < -0.3 is 20.3 Å². The van der Waals surface area contributed by atoms with E-state index in [4.69, 9.17) is 16.3 Å². The quantitative estimate of drug-likeness (QED) is 0.589. The molecule has 2 N–H and O–H groups in total. The fourth-order valence-electron chi connectivity index (χ4n) is 4.63. The van der Waals surface area contributed by atoms with Crippen LogP contribution in [0.1, 0.15) is 62.7 Å². The number of alkyl halides is 1. The highest BCUT2D eigenvalue weighted by atomic mass is 35.5. The summed E-state index contributed by atoms with van der Waals surface area (Å²) >= 11 is 5.98. The second-order valence-electron chi connectivity index (χ2n) is 9.82. The SMILES string of the molecule is COc1ccc(C(=O)N[C@@H]2CCCC[C@H]2NC(=O)C2CCCN(C(=O)C(C)(C)CCl)C2)cc1. The molecular formula is C25H36ClN3O4. The zero-order valence-electron chi connectivity index (χ0n) is 19.9. The van der Waals surface area contributed by atoms with Crippen molar-refractivity contribution in [2.24, 2.45) is 11.3 Å². The molecule has 3 amide bonds. The Bertz CT molecular complexity index is 843. The molecular weight excluding hydrogens is 442 g/mol. The maximum absolute atomic E-state index is 13.1. The summed E-state index contributed by atoms with van der Waals surface area (Å²) < 4.78 is 5.15. The molecule has 0 spiro atoms. The van der Waals surface area contributed by atoms with Crippen LogP contribution in [0.25, 0.3) is 0 Å². The molecule has 1 unspecified atom stereocenters. The lowest BCUT2D eigenvalue weighted by molar-refractivity contribution is -0.142. The van der Waals surface area contributed by atoms with E-state index >= 15 is 0 Å². The van der Waals surface area contributed by atoms with Gasteiger partial charge in [0, 0.05) is 36.6 Å². The number of likely N-dealkylation sites (tertiary alicyclic amines) is 1. The first-order chi connectivity index (χ1) is 15.7. The fraction of sp³-hybridized carbons (Fsp3) is 0.640. The van der Waals surface area contributed by atoms with E-state index in [9.17, 15) is 14.4 Å². The average molecular weight is 478 g/mol. The highest BCUT2D eigenvalue weighted by Gasteiger charge is 2.37.